The van der Waals surface area contributed by atoms with Crippen LogP contribution in [0, 0.1) is 0 Å². The van der Waals surface area contributed by atoms with Crippen molar-refractivity contribution < 1.29 is 9.53 Å². The number of benzene rings is 2. The van der Waals surface area contributed by atoms with Crippen LogP contribution in [0.15, 0.2) is 61.2 Å². The molecule has 0 radical (unpaired) electrons. The summed E-state index contributed by atoms with van der Waals surface area (Å²) in [6.45, 7) is 1.16. The first-order chi connectivity index (χ1) is 14.6. The lowest BCUT2D eigenvalue weighted by Gasteiger charge is -2.20. The van der Waals surface area contributed by atoms with E-state index in [1.54, 1.807) is 47.8 Å². The molecular formula is C21H18Cl2N4O2S. The first-order valence-corrected chi connectivity index (χ1v) is 10.9. The molecule has 4 rings (SSSR count). The number of fused-ring (bicyclic) bond motifs is 1. The molecule has 0 aliphatic heterocycles. The highest BCUT2D eigenvalue weighted by Gasteiger charge is 2.20. The molecule has 6 nitrogen and oxygen atoms in total. The molecule has 0 spiro atoms. The zero-order valence-corrected chi connectivity index (χ0v) is 18.2. The average Bonchev–Trinajstić information content (AvgIpc) is 3.40. The number of aryl methyl sites for hydroxylation is 1. The van der Waals surface area contributed by atoms with E-state index in [9.17, 15) is 4.79 Å². The smallest absolute Gasteiger partial charge is 0.266 e. The van der Waals surface area contributed by atoms with E-state index in [-0.39, 0.29) is 12.5 Å². The number of rotatable bonds is 8. The Labute approximate surface area is 187 Å². The molecule has 0 saturated carbocycles. The highest BCUT2D eigenvalue weighted by molar-refractivity contribution is 7.22. The predicted molar refractivity (Wildman–Crippen MR) is 121 cm³/mol. The van der Waals surface area contributed by atoms with Gasteiger partial charge in [-0.2, -0.15) is 0 Å². The summed E-state index contributed by atoms with van der Waals surface area (Å²) in [6, 6.07) is 12.4. The maximum atomic E-state index is 13.0. The van der Waals surface area contributed by atoms with Gasteiger partial charge in [-0.25, -0.2) is 9.97 Å². The molecule has 0 aliphatic carbocycles. The number of carbonyl (C=O) groups is 1. The van der Waals surface area contributed by atoms with Crippen LogP contribution in [-0.4, -0.2) is 33.6 Å². The average molecular weight is 461 g/mol. The number of amides is 1. The normalized spacial score (nSPS) is 11.0. The van der Waals surface area contributed by atoms with E-state index < -0.39 is 0 Å². The number of hydrogen-bond acceptors (Lipinski definition) is 5. The van der Waals surface area contributed by atoms with Gasteiger partial charge in [-0.05, 0) is 48.9 Å². The summed E-state index contributed by atoms with van der Waals surface area (Å²) in [6.07, 6.45) is 6.14. The van der Waals surface area contributed by atoms with E-state index in [0.717, 1.165) is 23.2 Å². The van der Waals surface area contributed by atoms with Gasteiger partial charge in [-0.1, -0.05) is 34.5 Å². The fraction of sp³-hybridized carbons (Fsp3) is 0.190. The fourth-order valence-corrected chi connectivity index (χ4v) is 4.32. The van der Waals surface area contributed by atoms with Gasteiger partial charge in [0.05, 0.1) is 16.5 Å². The van der Waals surface area contributed by atoms with Crippen LogP contribution >= 0.6 is 34.5 Å². The number of nitrogens with zero attached hydrogens (tertiary/aromatic N) is 4. The number of ether oxygens (including phenoxy) is 1. The number of anilines is 1. The van der Waals surface area contributed by atoms with Gasteiger partial charge in [-0.3, -0.25) is 9.69 Å². The Kier molecular flexibility index (Phi) is 6.52. The van der Waals surface area contributed by atoms with Gasteiger partial charge < -0.3 is 9.30 Å². The first-order valence-electron chi connectivity index (χ1n) is 9.29. The number of imidazole rings is 1. The number of halogens is 2. The lowest BCUT2D eigenvalue weighted by molar-refractivity contribution is -0.120. The van der Waals surface area contributed by atoms with Crippen LogP contribution in [-0.2, 0) is 11.3 Å². The van der Waals surface area contributed by atoms with Crippen molar-refractivity contribution in [2.75, 3.05) is 18.1 Å². The Bertz CT molecular complexity index is 1130. The van der Waals surface area contributed by atoms with Gasteiger partial charge in [-0.15, -0.1) is 0 Å². The Morgan fingerprint density at radius 3 is 2.70 bits per heavy atom. The van der Waals surface area contributed by atoms with Crippen LogP contribution in [0.2, 0.25) is 10.0 Å². The number of hydrogen-bond donors (Lipinski definition) is 0. The van der Waals surface area contributed by atoms with Gasteiger partial charge in [0.15, 0.2) is 11.7 Å². The largest absolute Gasteiger partial charge is 0.484 e. The second-order valence-electron chi connectivity index (χ2n) is 6.55. The summed E-state index contributed by atoms with van der Waals surface area (Å²) in [5.41, 5.74) is 0.811. The summed E-state index contributed by atoms with van der Waals surface area (Å²) >= 11 is 13.4. The van der Waals surface area contributed by atoms with Gasteiger partial charge >= 0.3 is 0 Å². The third-order valence-corrected chi connectivity index (χ3v) is 5.93. The van der Waals surface area contributed by atoms with Crippen molar-refractivity contribution in [2.24, 2.45) is 0 Å². The zero-order valence-electron chi connectivity index (χ0n) is 15.9. The third-order valence-electron chi connectivity index (χ3n) is 4.40. The highest BCUT2D eigenvalue weighted by atomic mass is 35.5. The molecule has 0 fully saturated rings. The van der Waals surface area contributed by atoms with E-state index in [1.807, 2.05) is 22.9 Å². The fourth-order valence-electron chi connectivity index (χ4n) is 2.91. The van der Waals surface area contributed by atoms with Crippen molar-refractivity contribution in [3.63, 3.8) is 0 Å². The van der Waals surface area contributed by atoms with Crippen molar-refractivity contribution in [3.05, 3.63) is 71.2 Å². The molecule has 2 aromatic heterocycles. The molecule has 0 unspecified atom stereocenters. The second-order valence-corrected chi connectivity index (χ2v) is 8.43. The summed E-state index contributed by atoms with van der Waals surface area (Å²) in [4.78, 5) is 23.4. The highest BCUT2D eigenvalue weighted by Crippen LogP contribution is 2.31. The van der Waals surface area contributed by atoms with Gasteiger partial charge in [0.25, 0.3) is 5.91 Å². The minimum atomic E-state index is -0.166. The first kappa shape index (κ1) is 20.7. The van der Waals surface area contributed by atoms with Crippen molar-refractivity contribution in [3.8, 4) is 5.75 Å². The van der Waals surface area contributed by atoms with E-state index in [4.69, 9.17) is 27.9 Å². The van der Waals surface area contributed by atoms with Gasteiger partial charge in [0, 0.05) is 35.5 Å². The standard InChI is InChI=1S/C21H18Cl2N4O2S/c22-15-2-5-17(6-3-15)29-13-20(28)27(10-1-9-26-11-8-24-14-26)21-25-18-7-4-16(23)12-19(18)30-21/h2-8,11-12,14H,1,9-10,13H2. The van der Waals surface area contributed by atoms with Crippen LogP contribution in [0.1, 0.15) is 6.42 Å². The van der Waals surface area contributed by atoms with Crippen molar-refractivity contribution >= 4 is 55.8 Å². The van der Waals surface area contributed by atoms with Crippen molar-refractivity contribution in [1.29, 1.82) is 0 Å². The Hall–Kier alpha value is -2.61. The van der Waals surface area contributed by atoms with E-state index in [2.05, 4.69) is 9.97 Å². The molecule has 0 N–H and O–H groups in total. The summed E-state index contributed by atoms with van der Waals surface area (Å²) < 4.78 is 8.57. The SMILES string of the molecule is O=C(COc1ccc(Cl)cc1)N(CCCn1ccnc1)c1nc2ccc(Cl)cc2s1. The van der Waals surface area contributed by atoms with Crippen molar-refractivity contribution in [1.82, 2.24) is 14.5 Å². The molecule has 4 aromatic rings. The summed E-state index contributed by atoms with van der Waals surface area (Å²) in [5.74, 6) is 0.419. The van der Waals surface area contributed by atoms with Crippen LogP contribution < -0.4 is 9.64 Å². The number of aromatic nitrogens is 3. The Morgan fingerprint density at radius 2 is 1.93 bits per heavy atom. The minimum Gasteiger partial charge on any atom is -0.484 e. The molecule has 0 saturated heterocycles. The van der Waals surface area contributed by atoms with Gasteiger partial charge in [0.1, 0.15) is 5.75 Å². The molecule has 30 heavy (non-hydrogen) atoms. The van der Waals surface area contributed by atoms with Crippen LogP contribution in [0.4, 0.5) is 5.13 Å². The molecule has 9 heteroatoms. The molecule has 1 amide bonds. The topological polar surface area (TPSA) is 60.2 Å². The van der Waals surface area contributed by atoms with E-state index >= 15 is 0 Å². The molecule has 0 atom stereocenters. The van der Waals surface area contributed by atoms with E-state index in [0.29, 0.717) is 27.5 Å². The zero-order chi connectivity index (χ0) is 20.9. The van der Waals surface area contributed by atoms with Gasteiger partial charge in [0.2, 0.25) is 0 Å². The second kappa shape index (κ2) is 9.47. The lowest BCUT2D eigenvalue weighted by Crippen LogP contribution is -2.36. The predicted octanol–water partition coefficient (Wildman–Crippen LogP) is 5.30. The van der Waals surface area contributed by atoms with Crippen LogP contribution in [0.25, 0.3) is 10.2 Å². The number of thiazole rings is 1. The molecule has 2 heterocycles. The molecule has 2 aromatic carbocycles. The van der Waals surface area contributed by atoms with Crippen molar-refractivity contribution in [2.45, 2.75) is 13.0 Å². The Balaban J connectivity index is 1.50. The molecule has 0 aliphatic rings. The summed E-state index contributed by atoms with van der Waals surface area (Å²) in [7, 11) is 0. The van der Waals surface area contributed by atoms with Crippen LogP contribution in [0.5, 0.6) is 5.75 Å². The maximum Gasteiger partial charge on any atom is 0.266 e. The maximum absolute atomic E-state index is 13.0. The minimum absolute atomic E-state index is 0.0939. The molecular weight excluding hydrogens is 443 g/mol. The monoisotopic (exact) mass is 460 g/mol. The Morgan fingerprint density at radius 1 is 1.13 bits per heavy atom. The molecule has 0 bridgehead atoms. The summed E-state index contributed by atoms with van der Waals surface area (Å²) in [5, 5.41) is 1.88. The van der Waals surface area contributed by atoms with E-state index in [1.165, 1.54) is 11.3 Å². The van der Waals surface area contributed by atoms with Crippen LogP contribution in [0.3, 0.4) is 0 Å². The third kappa shape index (κ3) is 5.11. The lowest BCUT2D eigenvalue weighted by atomic mass is 10.3. The number of carbonyl (C=O) groups excluding carboxylic acids is 1. The molecule has 154 valence electrons. The quantitative estimate of drug-likeness (QED) is 0.357.